The number of nitrogens with one attached hydrogen (secondary N) is 2. The van der Waals surface area contributed by atoms with Gasteiger partial charge in [-0.2, -0.15) is 0 Å². The zero-order valence-electron chi connectivity index (χ0n) is 14.1. The van der Waals surface area contributed by atoms with Gasteiger partial charge in [0.05, 0.1) is 19.2 Å². The molecular formula is C16H24ClN3O4. The number of carbonyl (C=O) groups excluding carboxylic acids is 1. The van der Waals surface area contributed by atoms with Crippen molar-refractivity contribution in [2.45, 2.75) is 18.9 Å². The van der Waals surface area contributed by atoms with Gasteiger partial charge in [-0.3, -0.25) is 9.59 Å². The second-order valence-electron chi connectivity index (χ2n) is 5.60. The van der Waals surface area contributed by atoms with Gasteiger partial charge >= 0.3 is 5.97 Å². The monoisotopic (exact) mass is 357 g/mol. The molecule has 0 saturated carbocycles. The first kappa shape index (κ1) is 20.2. The number of aliphatic carboxylic acids is 1. The molecule has 0 aromatic heterocycles. The van der Waals surface area contributed by atoms with Gasteiger partial charge in [-0.15, -0.1) is 0 Å². The highest BCUT2D eigenvalue weighted by molar-refractivity contribution is 6.31. The van der Waals surface area contributed by atoms with E-state index in [-0.39, 0.29) is 6.42 Å². The van der Waals surface area contributed by atoms with Crippen LogP contribution in [0.4, 0.5) is 5.69 Å². The summed E-state index contributed by atoms with van der Waals surface area (Å²) in [6.45, 7) is 1.36. The summed E-state index contributed by atoms with van der Waals surface area (Å²) in [7, 11) is 5.37. The number of hydrogen-bond acceptors (Lipinski definition) is 5. The number of rotatable bonds is 10. The molecule has 1 unspecified atom stereocenters. The van der Waals surface area contributed by atoms with E-state index >= 15 is 0 Å². The number of halogens is 1. The number of nitrogens with zero attached hydrogens (tertiary/aromatic N) is 1. The Morgan fingerprint density at radius 3 is 2.67 bits per heavy atom. The molecule has 0 aliphatic heterocycles. The van der Waals surface area contributed by atoms with Gasteiger partial charge < -0.3 is 25.4 Å². The topological polar surface area (TPSA) is 90.9 Å². The second-order valence-corrected chi connectivity index (χ2v) is 6.04. The molecule has 0 bridgehead atoms. The number of carboxylic acids is 1. The number of methoxy groups -OCH3 is 1. The zero-order valence-corrected chi connectivity index (χ0v) is 14.9. The lowest BCUT2D eigenvalue weighted by molar-refractivity contribution is -0.141. The van der Waals surface area contributed by atoms with E-state index in [1.54, 1.807) is 18.2 Å². The highest BCUT2D eigenvalue weighted by atomic mass is 35.5. The first-order chi connectivity index (χ1) is 11.3. The zero-order chi connectivity index (χ0) is 18.1. The van der Waals surface area contributed by atoms with E-state index in [0.717, 1.165) is 13.0 Å². The predicted octanol–water partition coefficient (Wildman–Crippen LogP) is 1.67. The molecule has 1 aromatic rings. The molecule has 0 spiro atoms. The molecule has 0 saturated heterocycles. The molecule has 8 heteroatoms. The van der Waals surface area contributed by atoms with Gasteiger partial charge in [0.1, 0.15) is 11.8 Å². The number of amides is 1. The van der Waals surface area contributed by atoms with Gasteiger partial charge in [0.15, 0.2) is 0 Å². The van der Waals surface area contributed by atoms with Gasteiger partial charge in [-0.1, -0.05) is 11.6 Å². The third kappa shape index (κ3) is 7.16. The van der Waals surface area contributed by atoms with Crippen molar-refractivity contribution in [2.75, 3.05) is 39.6 Å². The lowest BCUT2D eigenvalue weighted by Crippen LogP contribution is -2.40. The molecule has 134 valence electrons. The Kier molecular flexibility index (Phi) is 8.53. The molecule has 1 amide bonds. The predicted molar refractivity (Wildman–Crippen MR) is 93.8 cm³/mol. The van der Waals surface area contributed by atoms with Crippen molar-refractivity contribution >= 4 is 29.2 Å². The first-order valence-corrected chi connectivity index (χ1v) is 7.95. The number of carbonyl (C=O) groups is 2. The maximum absolute atomic E-state index is 12.1. The molecule has 0 aliphatic rings. The smallest absolute Gasteiger partial charge is 0.321 e. The van der Waals surface area contributed by atoms with Crippen LogP contribution in [0.15, 0.2) is 18.2 Å². The summed E-state index contributed by atoms with van der Waals surface area (Å²) in [5, 5.41) is 15.2. The second kappa shape index (κ2) is 10.1. The highest BCUT2D eigenvalue weighted by Gasteiger charge is 2.21. The summed E-state index contributed by atoms with van der Waals surface area (Å²) >= 11 is 5.91. The summed E-state index contributed by atoms with van der Waals surface area (Å²) in [5.74, 6) is -1.03. The molecule has 0 radical (unpaired) electrons. The van der Waals surface area contributed by atoms with Crippen molar-refractivity contribution in [2.24, 2.45) is 0 Å². The van der Waals surface area contributed by atoms with Crippen molar-refractivity contribution in [3.63, 3.8) is 0 Å². The van der Waals surface area contributed by atoms with E-state index in [0.29, 0.717) is 23.0 Å². The van der Waals surface area contributed by atoms with Crippen LogP contribution < -0.4 is 15.4 Å². The van der Waals surface area contributed by atoms with E-state index in [1.807, 2.05) is 19.0 Å². The van der Waals surface area contributed by atoms with Crippen molar-refractivity contribution in [1.82, 2.24) is 10.2 Å². The summed E-state index contributed by atoms with van der Waals surface area (Å²) in [6.07, 6.45) is 0.605. The van der Waals surface area contributed by atoms with Crippen LogP contribution in [0.25, 0.3) is 0 Å². The summed E-state index contributed by atoms with van der Waals surface area (Å²) in [5.41, 5.74) is 0.409. The number of carboxylic acid groups (broad SMARTS) is 1. The summed E-state index contributed by atoms with van der Waals surface area (Å²) in [6, 6.07) is 3.88. The molecule has 1 atom stereocenters. The van der Waals surface area contributed by atoms with E-state index in [9.17, 15) is 14.7 Å². The van der Waals surface area contributed by atoms with Gasteiger partial charge in [0, 0.05) is 5.02 Å². The quantitative estimate of drug-likeness (QED) is 0.552. The SMILES string of the molecule is COc1ccc(Cl)cc1NC(=O)CC(NCCCN(C)C)C(=O)O. The number of hydrogen-bond donors (Lipinski definition) is 3. The van der Waals surface area contributed by atoms with E-state index < -0.39 is 17.9 Å². The molecule has 1 rings (SSSR count). The van der Waals surface area contributed by atoms with Crippen LogP contribution in [-0.4, -0.2) is 62.2 Å². The van der Waals surface area contributed by atoms with Crippen LogP contribution in [0.5, 0.6) is 5.75 Å². The third-order valence-electron chi connectivity index (χ3n) is 3.30. The minimum Gasteiger partial charge on any atom is -0.495 e. The van der Waals surface area contributed by atoms with Crippen molar-refractivity contribution in [3.05, 3.63) is 23.2 Å². The Morgan fingerprint density at radius 1 is 1.38 bits per heavy atom. The maximum atomic E-state index is 12.1. The van der Waals surface area contributed by atoms with Crippen LogP contribution in [0, 0.1) is 0 Å². The average molecular weight is 358 g/mol. The number of benzene rings is 1. The van der Waals surface area contributed by atoms with Crippen LogP contribution in [0.2, 0.25) is 5.02 Å². The van der Waals surface area contributed by atoms with Crippen LogP contribution in [0.1, 0.15) is 12.8 Å². The fourth-order valence-corrected chi connectivity index (χ4v) is 2.25. The third-order valence-corrected chi connectivity index (χ3v) is 3.53. The molecule has 3 N–H and O–H groups in total. The Hall–Kier alpha value is -1.83. The largest absolute Gasteiger partial charge is 0.495 e. The molecular weight excluding hydrogens is 334 g/mol. The Labute approximate surface area is 146 Å². The molecule has 0 fully saturated rings. The minimum absolute atomic E-state index is 0.188. The molecule has 0 aliphatic carbocycles. The van der Waals surface area contributed by atoms with Crippen LogP contribution in [-0.2, 0) is 9.59 Å². The Balaban J connectivity index is 2.59. The maximum Gasteiger partial charge on any atom is 0.321 e. The van der Waals surface area contributed by atoms with Gasteiger partial charge in [0.25, 0.3) is 0 Å². The first-order valence-electron chi connectivity index (χ1n) is 7.57. The number of anilines is 1. The van der Waals surface area contributed by atoms with Crippen LogP contribution >= 0.6 is 11.6 Å². The fraction of sp³-hybridized carbons (Fsp3) is 0.500. The number of ether oxygens (including phenoxy) is 1. The molecule has 7 nitrogen and oxygen atoms in total. The van der Waals surface area contributed by atoms with Gasteiger partial charge in [-0.05, 0) is 51.8 Å². The fourth-order valence-electron chi connectivity index (χ4n) is 2.08. The van der Waals surface area contributed by atoms with Gasteiger partial charge in [-0.25, -0.2) is 0 Å². The summed E-state index contributed by atoms with van der Waals surface area (Å²) in [4.78, 5) is 25.4. The van der Waals surface area contributed by atoms with Crippen LogP contribution in [0.3, 0.4) is 0 Å². The van der Waals surface area contributed by atoms with Crippen molar-refractivity contribution in [3.8, 4) is 5.75 Å². The minimum atomic E-state index is -1.06. The van der Waals surface area contributed by atoms with Gasteiger partial charge in [0.2, 0.25) is 5.91 Å². The average Bonchev–Trinajstić information content (AvgIpc) is 2.50. The standard InChI is InChI=1S/C16H24ClN3O4/c1-20(2)8-4-7-18-13(16(22)23)10-15(21)19-12-9-11(17)5-6-14(12)24-3/h5-6,9,13,18H,4,7-8,10H2,1-3H3,(H,19,21)(H,22,23). The lowest BCUT2D eigenvalue weighted by atomic mass is 10.2. The van der Waals surface area contributed by atoms with E-state index in [1.165, 1.54) is 7.11 Å². The molecule has 24 heavy (non-hydrogen) atoms. The van der Waals surface area contributed by atoms with Crippen molar-refractivity contribution in [1.29, 1.82) is 0 Å². The highest BCUT2D eigenvalue weighted by Crippen LogP contribution is 2.27. The summed E-state index contributed by atoms with van der Waals surface area (Å²) < 4.78 is 5.15. The van der Waals surface area contributed by atoms with Crippen molar-refractivity contribution < 1.29 is 19.4 Å². The normalized spacial score (nSPS) is 12.0. The molecule has 0 heterocycles. The Morgan fingerprint density at radius 2 is 2.08 bits per heavy atom. The lowest BCUT2D eigenvalue weighted by Gasteiger charge is -2.16. The van der Waals surface area contributed by atoms with E-state index in [2.05, 4.69) is 10.6 Å². The molecule has 1 aromatic carbocycles. The van der Waals surface area contributed by atoms with E-state index in [4.69, 9.17) is 16.3 Å². The Bertz CT molecular complexity index is 566.